The molecule has 2 rings (SSSR count). The summed E-state index contributed by atoms with van der Waals surface area (Å²) in [4.78, 5) is 0. The van der Waals surface area contributed by atoms with Crippen molar-refractivity contribution in [2.24, 2.45) is 0 Å². The van der Waals surface area contributed by atoms with Gasteiger partial charge in [0.2, 0.25) is 0 Å². The average Bonchev–Trinajstić information content (AvgIpc) is 2.46. The van der Waals surface area contributed by atoms with Gasteiger partial charge in [0.15, 0.2) is 0 Å². The number of quaternary nitrogens is 1. The number of hydrogen-bond donors (Lipinski definition) is 1. The van der Waals surface area contributed by atoms with Crippen LogP contribution in [0.4, 0.5) is 4.39 Å². The van der Waals surface area contributed by atoms with E-state index in [1.54, 1.807) is 0 Å². The number of halogens is 1. The molecule has 0 aliphatic carbocycles. The van der Waals surface area contributed by atoms with Crippen LogP contribution in [0.2, 0.25) is 0 Å². The summed E-state index contributed by atoms with van der Waals surface area (Å²) in [5, 5.41) is 2.30. The highest BCUT2D eigenvalue weighted by molar-refractivity contribution is 5.24. The van der Waals surface area contributed by atoms with E-state index in [0.717, 1.165) is 19.5 Å². The molecule has 0 aliphatic rings. The summed E-state index contributed by atoms with van der Waals surface area (Å²) < 4.78 is 12.8. The van der Waals surface area contributed by atoms with Gasteiger partial charge in [0.25, 0.3) is 0 Å². The van der Waals surface area contributed by atoms with E-state index in [4.69, 9.17) is 0 Å². The van der Waals surface area contributed by atoms with Crippen LogP contribution in [0, 0.1) is 5.82 Å². The molecule has 0 saturated carbocycles. The molecule has 1 nitrogen and oxygen atoms in total. The van der Waals surface area contributed by atoms with E-state index >= 15 is 0 Å². The van der Waals surface area contributed by atoms with Crippen molar-refractivity contribution in [1.82, 2.24) is 0 Å². The van der Waals surface area contributed by atoms with Crippen molar-refractivity contribution in [1.29, 1.82) is 0 Å². The van der Waals surface area contributed by atoms with Gasteiger partial charge in [-0.3, -0.25) is 0 Å². The minimum Gasteiger partial charge on any atom is -0.342 e. The first-order chi connectivity index (χ1) is 9.65. The lowest BCUT2D eigenvalue weighted by molar-refractivity contribution is -0.670. The highest BCUT2D eigenvalue weighted by atomic mass is 19.1. The number of rotatable bonds is 6. The molecule has 106 valence electrons. The Balaban J connectivity index is 1.74. The first-order valence-electron chi connectivity index (χ1n) is 7.30. The summed E-state index contributed by atoms with van der Waals surface area (Å²) in [5.41, 5.74) is 3.94. The third-order valence-electron chi connectivity index (χ3n) is 3.58. The van der Waals surface area contributed by atoms with Gasteiger partial charge < -0.3 is 5.32 Å². The lowest BCUT2D eigenvalue weighted by atomic mass is 10.0. The van der Waals surface area contributed by atoms with E-state index in [0.29, 0.717) is 5.92 Å². The van der Waals surface area contributed by atoms with E-state index in [-0.39, 0.29) is 5.82 Å². The molecule has 0 radical (unpaired) electrons. The topological polar surface area (TPSA) is 16.6 Å². The van der Waals surface area contributed by atoms with Gasteiger partial charge in [-0.1, -0.05) is 50.2 Å². The minimum absolute atomic E-state index is 0.164. The molecule has 0 heterocycles. The average molecular weight is 272 g/mol. The fourth-order valence-electron chi connectivity index (χ4n) is 2.23. The molecule has 2 aromatic rings. The van der Waals surface area contributed by atoms with Gasteiger partial charge in [-0.25, -0.2) is 4.39 Å². The Morgan fingerprint density at radius 1 is 0.900 bits per heavy atom. The van der Waals surface area contributed by atoms with E-state index < -0.39 is 0 Å². The highest BCUT2D eigenvalue weighted by Crippen LogP contribution is 2.14. The SMILES string of the molecule is CC(C)c1ccc(C[NH2+]CCc2ccc(F)cc2)cc1. The Morgan fingerprint density at radius 2 is 1.50 bits per heavy atom. The van der Waals surface area contributed by atoms with Crippen LogP contribution in [0.3, 0.4) is 0 Å². The van der Waals surface area contributed by atoms with Crippen molar-refractivity contribution >= 4 is 0 Å². The van der Waals surface area contributed by atoms with Crippen molar-refractivity contribution in [3.8, 4) is 0 Å². The van der Waals surface area contributed by atoms with Crippen LogP contribution in [0.1, 0.15) is 36.5 Å². The van der Waals surface area contributed by atoms with Gasteiger partial charge in [0.1, 0.15) is 12.4 Å². The fourth-order valence-corrected chi connectivity index (χ4v) is 2.23. The molecule has 2 heteroatoms. The molecule has 0 bridgehead atoms. The molecule has 2 N–H and O–H groups in total. The van der Waals surface area contributed by atoms with Crippen molar-refractivity contribution in [2.75, 3.05) is 6.54 Å². The third-order valence-corrected chi connectivity index (χ3v) is 3.58. The van der Waals surface area contributed by atoms with Crippen molar-refractivity contribution in [3.63, 3.8) is 0 Å². The van der Waals surface area contributed by atoms with Crippen LogP contribution in [-0.2, 0) is 13.0 Å². The largest absolute Gasteiger partial charge is 0.342 e. The minimum atomic E-state index is -0.164. The van der Waals surface area contributed by atoms with Gasteiger partial charge in [-0.05, 0) is 29.2 Å². The van der Waals surface area contributed by atoms with Gasteiger partial charge >= 0.3 is 0 Å². The van der Waals surface area contributed by atoms with Crippen molar-refractivity contribution < 1.29 is 9.71 Å². The van der Waals surface area contributed by atoms with Gasteiger partial charge in [0.05, 0.1) is 6.54 Å². The Labute approximate surface area is 120 Å². The zero-order valence-electron chi connectivity index (χ0n) is 12.3. The lowest BCUT2D eigenvalue weighted by Gasteiger charge is -2.06. The number of hydrogen-bond acceptors (Lipinski definition) is 0. The van der Waals surface area contributed by atoms with E-state index in [1.807, 2.05) is 12.1 Å². The van der Waals surface area contributed by atoms with Crippen molar-refractivity contribution in [2.45, 2.75) is 32.7 Å². The maximum Gasteiger partial charge on any atom is 0.123 e. The molecule has 0 aliphatic heterocycles. The molecule has 20 heavy (non-hydrogen) atoms. The second kappa shape index (κ2) is 7.20. The predicted molar refractivity (Wildman–Crippen MR) is 81.1 cm³/mol. The van der Waals surface area contributed by atoms with Crippen molar-refractivity contribution in [3.05, 3.63) is 71.0 Å². The Bertz CT molecular complexity index is 514. The number of nitrogens with two attached hydrogens (primary N) is 1. The first-order valence-corrected chi connectivity index (χ1v) is 7.30. The van der Waals surface area contributed by atoms with Crippen LogP contribution in [0.15, 0.2) is 48.5 Å². The Kier molecular flexibility index (Phi) is 5.31. The molecule has 0 unspecified atom stereocenters. The summed E-state index contributed by atoms with van der Waals surface area (Å²) in [6.07, 6.45) is 0.977. The summed E-state index contributed by atoms with van der Waals surface area (Å²) in [7, 11) is 0. The Morgan fingerprint density at radius 3 is 2.10 bits per heavy atom. The normalized spacial score (nSPS) is 11.0. The van der Waals surface area contributed by atoms with Gasteiger partial charge in [-0.15, -0.1) is 0 Å². The summed E-state index contributed by atoms with van der Waals surface area (Å²) in [6, 6.07) is 15.6. The van der Waals surface area contributed by atoms with Crippen LogP contribution in [0.5, 0.6) is 0 Å². The van der Waals surface area contributed by atoms with Crippen LogP contribution < -0.4 is 5.32 Å². The molecule has 0 amide bonds. The van der Waals surface area contributed by atoms with E-state index in [1.165, 1.54) is 28.8 Å². The summed E-state index contributed by atoms with van der Waals surface area (Å²) in [5.74, 6) is 0.425. The molecule has 2 aromatic carbocycles. The maximum atomic E-state index is 12.8. The van der Waals surface area contributed by atoms with Crippen LogP contribution >= 0.6 is 0 Å². The zero-order chi connectivity index (χ0) is 14.4. The first kappa shape index (κ1) is 14.7. The smallest absolute Gasteiger partial charge is 0.123 e. The monoisotopic (exact) mass is 272 g/mol. The molecular weight excluding hydrogens is 249 g/mol. The van der Waals surface area contributed by atoms with E-state index in [2.05, 4.69) is 43.4 Å². The molecule has 0 aromatic heterocycles. The third kappa shape index (κ3) is 4.46. The fraction of sp³-hybridized carbons (Fsp3) is 0.333. The molecule has 0 spiro atoms. The second-order valence-corrected chi connectivity index (χ2v) is 5.55. The summed E-state index contributed by atoms with van der Waals surface area (Å²) in [6.45, 7) is 6.45. The van der Waals surface area contributed by atoms with Gasteiger partial charge in [-0.2, -0.15) is 0 Å². The molecular formula is C18H23FN+. The Hall–Kier alpha value is -1.67. The molecule has 0 atom stereocenters. The summed E-state index contributed by atoms with van der Waals surface area (Å²) >= 11 is 0. The quantitative estimate of drug-likeness (QED) is 0.777. The second-order valence-electron chi connectivity index (χ2n) is 5.55. The molecule has 0 fully saturated rings. The number of benzene rings is 2. The predicted octanol–water partition coefficient (Wildman–Crippen LogP) is 3.26. The standard InChI is InChI=1S/C18H22FN/c1-14(2)17-7-3-16(4-8-17)13-20-12-11-15-5-9-18(19)10-6-15/h3-10,14,20H,11-13H2,1-2H3/p+1. The zero-order valence-corrected chi connectivity index (χ0v) is 12.3. The van der Waals surface area contributed by atoms with Crippen LogP contribution in [-0.4, -0.2) is 6.54 Å². The van der Waals surface area contributed by atoms with Gasteiger partial charge in [0, 0.05) is 12.0 Å². The van der Waals surface area contributed by atoms with E-state index in [9.17, 15) is 4.39 Å². The lowest BCUT2D eigenvalue weighted by Crippen LogP contribution is -2.83. The highest BCUT2D eigenvalue weighted by Gasteiger charge is 2.01. The van der Waals surface area contributed by atoms with Crippen LogP contribution in [0.25, 0.3) is 0 Å². The maximum absolute atomic E-state index is 12.8. The molecule has 0 saturated heterocycles.